The zero-order valence-corrected chi connectivity index (χ0v) is 10.1. The van der Waals surface area contributed by atoms with Gasteiger partial charge in [-0.1, -0.05) is 11.8 Å². The van der Waals surface area contributed by atoms with E-state index in [1.54, 1.807) is 6.07 Å². The Balaban J connectivity index is 2.15. The van der Waals surface area contributed by atoms with E-state index in [0.29, 0.717) is 17.9 Å². The predicted molar refractivity (Wildman–Crippen MR) is 66.8 cm³/mol. The molecular weight excluding hydrogens is 233 g/mol. The summed E-state index contributed by atoms with van der Waals surface area (Å²) in [5.74, 6) is 5.76. The SMILES string of the molecule is NCC#Cc1ccc(F)cc1OC1CCCOC1. The topological polar surface area (TPSA) is 44.5 Å². The second kappa shape index (κ2) is 6.39. The van der Waals surface area contributed by atoms with Gasteiger partial charge in [0.05, 0.1) is 18.7 Å². The molecule has 1 heterocycles. The van der Waals surface area contributed by atoms with Crippen molar-refractivity contribution in [3.05, 3.63) is 29.6 Å². The van der Waals surface area contributed by atoms with Crippen LogP contribution in [0.2, 0.25) is 0 Å². The number of nitrogens with two attached hydrogens (primary N) is 1. The number of ether oxygens (including phenoxy) is 2. The number of hydrogen-bond donors (Lipinski definition) is 1. The minimum atomic E-state index is -0.333. The molecule has 18 heavy (non-hydrogen) atoms. The molecule has 1 atom stereocenters. The summed E-state index contributed by atoms with van der Waals surface area (Å²) in [6.07, 6.45) is 1.85. The third-order valence-corrected chi connectivity index (χ3v) is 2.68. The molecule has 1 aliphatic heterocycles. The van der Waals surface area contributed by atoms with Crippen molar-refractivity contribution in [3.63, 3.8) is 0 Å². The maximum Gasteiger partial charge on any atom is 0.138 e. The molecule has 1 aromatic rings. The van der Waals surface area contributed by atoms with Gasteiger partial charge < -0.3 is 15.2 Å². The van der Waals surface area contributed by atoms with Crippen LogP contribution in [0.5, 0.6) is 5.75 Å². The van der Waals surface area contributed by atoms with Gasteiger partial charge in [0.15, 0.2) is 0 Å². The molecule has 1 fully saturated rings. The highest BCUT2D eigenvalue weighted by Crippen LogP contribution is 2.22. The van der Waals surface area contributed by atoms with Crippen LogP contribution in [0.15, 0.2) is 18.2 Å². The van der Waals surface area contributed by atoms with E-state index in [1.807, 2.05) is 0 Å². The molecule has 1 saturated heterocycles. The summed E-state index contributed by atoms with van der Waals surface area (Å²) in [5.41, 5.74) is 5.99. The monoisotopic (exact) mass is 249 g/mol. The predicted octanol–water partition coefficient (Wildman–Crippen LogP) is 1.69. The first kappa shape index (κ1) is 12.9. The quantitative estimate of drug-likeness (QED) is 0.811. The second-order valence-electron chi connectivity index (χ2n) is 4.10. The van der Waals surface area contributed by atoms with Gasteiger partial charge in [0.25, 0.3) is 0 Å². The average Bonchev–Trinajstić information content (AvgIpc) is 2.39. The van der Waals surface area contributed by atoms with Crippen LogP contribution in [0.25, 0.3) is 0 Å². The van der Waals surface area contributed by atoms with E-state index in [-0.39, 0.29) is 18.5 Å². The largest absolute Gasteiger partial charge is 0.487 e. The van der Waals surface area contributed by atoms with Crippen LogP contribution in [0, 0.1) is 17.7 Å². The van der Waals surface area contributed by atoms with Gasteiger partial charge in [-0.2, -0.15) is 0 Å². The normalized spacial score (nSPS) is 18.9. The molecule has 2 N–H and O–H groups in total. The Morgan fingerprint density at radius 1 is 1.50 bits per heavy atom. The van der Waals surface area contributed by atoms with Crippen molar-refractivity contribution in [3.8, 4) is 17.6 Å². The van der Waals surface area contributed by atoms with Crippen molar-refractivity contribution in [1.82, 2.24) is 0 Å². The molecule has 1 aliphatic rings. The molecule has 0 spiro atoms. The minimum absolute atomic E-state index is 0.0287. The molecule has 0 aromatic heterocycles. The summed E-state index contributed by atoms with van der Waals surface area (Å²) in [6.45, 7) is 1.58. The Kier molecular flexibility index (Phi) is 4.57. The van der Waals surface area contributed by atoms with Gasteiger partial charge in [0.1, 0.15) is 17.7 Å². The summed E-state index contributed by atoms with van der Waals surface area (Å²) in [4.78, 5) is 0. The summed E-state index contributed by atoms with van der Waals surface area (Å²) < 4.78 is 24.3. The lowest BCUT2D eigenvalue weighted by molar-refractivity contribution is 0.00720. The maximum absolute atomic E-state index is 13.2. The van der Waals surface area contributed by atoms with E-state index in [0.717, 1.165) is 19.4 Å². The van der Waals surface area contributed by atoms with Crippen molar-refractivity contribution >= 4 is 0 Å². The molecule has 0 aliphatic carbocycles. The van der Waals surface area contributed by atoms with Gasteiger partial charge in [-0.05, 0) is 25.0 Å². The number of benzene rings is 1. The van der Waals surface area contributed by atoms with Crippen molar-refractivity contribution in [1.29, 1.82) is 0 Å². The first-order valence-electron chi connectivity index (χ1n) is 6.02. The molecule has 0 amide bonds. The van der Waals surface area contributed by atoms with Gasteiger partial charge in [-0.3, -0.25) is 0 Å². The van der Waals surface area contributed by atoms with Crippen LogP contribution in [-0.4, -0.2) is 25.9 Å². The Labute approximate surface area is 106 Å². The van der Waals surface area contributed by atoms with E-state index in [2.05, 4.69) is 11.8 Å². The molecule has 96 valence electrons. The minimum Gasteiger partial charge on any atom is -0.487 e. The summed E-state index contributed by atoms with van der Waals surface area (Å²) in [7, 11) is 0. The highest BCUT2D eigenvalue weighted by molar-refractivity contribution is 5.46. The standard InChI is InChI=1S/C14H16FNO2/c15-12-6-5-11(3-1-7-16)14(9-12)18-13-4-2-8-17-10-13/h5-6,9,13H,2,4,7-8,10,16H2. The Morgan fingerprint density at radius 2 is 2.39 bits per heavy atom. The third-order valence-electron chi connectivity index (χ3n) is 2.68. The number of hydrogen-bond acceptors (Lipinski definition) is 3. The van der Waals surface area contributed by atoms with E-state index >= 15 is 0 Å². The first-order chi connectivity index (χ1) is 8.79. The lowest BCUT2D eigenvalue weighted by atomic mass is 10.1. The van der Waals surface area contributed by atoms with E-state index < -0.39 is 0 Å². The van der Waals surface area contributed by atoms with Crippen LogP contribution in [-0.2, 0) is 4.74 Å². The molecule has 1 unspecified atom stereocenters. The van der Waals surface area contributed by atoms with Crippen molar-refractivity contribution < 1.29 is 13.9 Å². The second-order valence-corrected chi connectivity index (χ2v) is 4.10. The zero-order valence-electron chi connectivity index (χ0n) is 10.1. The molecule has 0 radical (unpaired) electrons. The Morgan fingerprint density at radius 3 is 3.11 bits per heavy atom. The Bertz CT molecular complexity index is 459. The van der Waals surface area contributed by atoms with Gasteiger partial charge >= 0.3 is 0 Å². The van der Waals surface area contributed by atoms with Crippen molar-refractivity contribution in [2.75, 3.05) is 19.8 Å². The molecule has 1 aromatic carbocycles. The highest BCUT2D eigenvalue weighted by atomic mass is 19.1. The summed E-state index contributed by atoms with van der Waals surface area (Å²) in [5, 5.41) is 0. The van der Waals surface area contributed by atoms with Gasteiger partial charge in [-0.25, -0.2) is 4.39 Å². The fourth-order valence-corrected chi connectivity index (χ4v) is 1.83. The van der Waals surface area contributed by atoms with Crippen LogP contribution in [0.1, 0.15) is 18.4 Å². The molecule has 3 nitrogen and oxygen atoms in total. The number of rotatable bonds is 2. The molecule has 4 heteroatoms. The van der Waals surface area contributed by atoms with Crippen molar-refractivity contribution in [2.24, 2.45) is 5.73 Å². The molecule has 0 bridgehead atoms. The first-order valence-corrected chi connectivity index (χ1v) is 6.02. The zero-order chi connectivity index (χ0) is 12.8. The molecule has 0 saturated carbocycles. The lowest BCUT2D eigenvalue weighted by Gasteiger charge is -2.23. The van der Waals surface area contributed by atoms with Gasteiger partial charge in [0, 0.05) is 12.7 Å². The summed E-state index contributed by atoms with van der Waals surface area (Å²) in [6, 6.07) is 4.33. The lowest BCUT2D eigenvalue weighted by Crippen LogP contribution is -2.28. The third kappa shape index (κ3) is 3.46. The van der Waals surface area contributed by atoms with Crippen LogP contribution in [0.3, 0.4) is 0 Å². The fraction of sp³-hybridized carbons (Fsp3) is 0.429. The van der Waals surface area contributed by atoms with Gasteiger partial charge in [0.2, 0.25) is 0 Å². The van der Waals surface area contributed by atoms with E-state index in [4.69, 9.17) is 15.2 Å². The van der Waals surface area contributed by atoms with Crippen molar-refractivity contribution in [2.45, 2.75) is 18.9 Å². The Hall–Kier alpha value is -1.57. The summed E-state index contributed by atoms with van der Waals surface area (Å²) >= 11 is 0. The molecular formula is C14H16FNO2. The van der Waals surface area contributed by atoms with Crippen LogP contribution < -0.4 is 10.5 Å². The van der Waals surface area contributed by atoms with Crippen LogP contribution in [0.4, 0.5) is 4.39 Å². The number of halogens is 1. The van der Waals surface area contributed by atoms with Gasteiger partial charge in [-0.15, -0.1) is 0 Å². The smallest absolute Gasteiger partial charge is 0.138 e. The maximum atomic E-state index is 13.2. The van der Waals surface area contributed by atoms with E-state index in [1.165, 1.54) is 12.1 Å². The average molecular weight is 249 g/mol. The highest BCUT2D eigenvalue weighted by Gasteiger charge is 2.17. The fourth-order valence-electron chi connectivity index (χ4n) is 1.83. The van der Waals surface area contributed by atoms with E-state index in [9.17, 15) is 4.39 Å². The van der Waals surface area contributed by atoms with Crippen LogP contribution >= 0.6 is 0 Å². The molecule has 2 rings (SSSR count).